The van der Waals surface area contributed by atoms with Crippen LogP contribution in [0.4, 0.5) is 5.82 Å². The average molecular weight is 204 g/mol. The molecule has 0 aliphatic rings. The molecule has 1 heterocycles. The van der Waals surface area contributed by atoms with Gasteiger partial charge in [0.15, 0.2) is 0 Å². The lowest BCUT2D eigenvalue weighted by molar-refractivity contribution is 1.23. The summed E-state index contributed by atoms with van der Waals surface area (Å²) in [5.74, 6) is 0.622. The van der Waals surface area contributed by atoms with E-state index in [-0.39, 0.29) is 0 Å². The van der Waals surface area contributed by atoms with Gasteiger partial charge in [-0.2, -0.15) is 4.37 Å². The molecule has 3 heteroatoms. The fraction of sp³-hybridized carbons (Fsp3) is 0.182. The van der Waals surface area contributed by atoms with Gasteiger partial charge >= 0.3 is 0 Å². The Hall–Kier alpha value is -1.35. The first-order chi connectivity index (χ1) is 6.74. The van der Waals surface area contributed by atoms with Crippen molar-refractivity contribution in [1.82, 2.24) is 4.37 Å². The van der Waals surface area contributed by atoms with E-state index in [9.17, 15) is 0 Å². The van der Waals surface area contributed by atoms with E-state index in [1.807, 2.05) is 6.07 Å². The van der Waals surface area contributed by atoms with E-state index < -0.39 is 0 Å². The Morgan fingerprint density at radius 2 is 2.00 bits per heavy atom. The van der Waals surface area contributed by atoms with E-state index in [0.29, 0.717) is 5.82 Å². The van der Waals surface area contributed by atoms with Crippen LogP contribution in [0.2, 0.25) is 0 Å². The summed E-state index contributed by atoms with van der Waals surface area (Å²) in [5.41, 5.74) is 8.15. The van der Waals surface area contributed by atoms with Gasteiger partial charge in [-0.25, -0.2) is 0 Å². The molecule has 2 aromatic rings. The van der Waals surface area contributed by atoms with Gasteiger partial charge in [0.25, 0.3) is 0 Å². The third kappa shape index (κ3) is 2.12. The Labute approximate surface area is 87.6 Å². The molecule has 0 fully saturated rings. The summed E-state index contributed by atoms with van der Waals surface area (Å²) in [6.07, 6.45) is 0.926. The van der Waals surface area contributed by atoms with Gasteiger partial charge in [0.05, 0.1) is 0 Å². The van der Waals surface area contributed by atoms with Gasteiger partial charge in [-0.15, -0.1) is 0 Å². The summed E-state index contributed by atoms with van der Waals surface area (Å²) in [4.78, 5) is 1.21. The van der Waals surface area contributed by atoms with Crippen LogP contribution in [-0.2, 0) is 6.42 Å². The molecule has 2 N–H and O–H groups in total. The number of nitrogens with two attached hydrogens (primary N) is 1. The zero-order valence-corrected chi connectivity index (χ0v) is 8.84. The van der Waals surface area contributed by atoms with Gasteiger partial charge in [0.2, 0.25) is 0 Å². The molecule has 2 rings (SSSR count). The van der Waals surface area contributed by atoms with E-state index in [1.54, 1.807) is 0 Å². The highest BCUT2D eigenvalue weighted by Crippen LogP contribution is 2.16. The molecule has 0 saturated carbocycles. The number of nitrogen functional groups attached to an aromatic ring is 1. The van der Waals surface area contributed by atoms with Crippen LogP contribution in [0.3, 0.4) is 0 Å². The Bertz CT molecular complexity index is 417. The number of hydrogen-bond acceptors (Lipinski definition) is 3. The van der Waals surface area contributed by atoms with Crippen LogP contribution in [0.15, 0.2) is 30.3 Å². The lowest BCUT2D eigenvalue weighted by atomic mass is 10.1. The van der Waals surface area contributed by atoms with Crippen molar-refractivity contribution in [1.29, 1.82) is 0 Å². The Kier molecular flexibility index (Phi) is 2.50. The molecule has 0 unspecified atom stereocenters. The Morgan fingerprint density at radius 1 is 1.29 bits per heavy atom. The van der Waals surface area contributed by atoms with E-state index in [4.69, 9.17) is 5.73 Å². The first-order valence-electron chi connectivity index (χ1n) is 4.50. The molecule has 0 atom stereocenters. The van der Waals surface area contributed by atoms with Crippen molar-refractivity contribution in [3.8, 4) is 0 Å². The lowest BCUT2D eigenvalue weighted by Crippen LogP contribution is -1.85. The molecule has 0 saturated heterocycles. The highest BCUT2D eigenvalue weighted by Gasteiger charge is 2.00. The quantitative estimate of drug-likeness (QED) is 0.816. The summed E-state index contributed by atoms with van der Waals surface area (Å²) < 4.78 is 4.05. The molecule has 0 aliphatic carbocycles. The minimum Gasteiger partial charge on any atom is -0.383 e. The van der Waals surface area contributed by atoms with Crippen LogP contribution in [0.25, 0.3) is 0 Å². The highest BCUT2D eigenvalue weighted by atomic mass is 32.1. The van der Waals surface area contributed by atoms with Gasteiger partial charge < -0.3 is 5.73 Å². The van der Waals surface area contributed by atoms with Crippen molar-refractivity contribution in [2.75, 3.05) is 5.73 Å². The van der Waals surface area contributed by atoms with Crippen molar-refractivity contribution in [2.45, 2.75) is 13.3 Å². The molecule has 0 aliphatic heterocycles. The number of anilines is 1. The standard InChI is InChI=1S/C11H12N2S/c1-8-2-4-9(5-3-8)6-10-7-11(12)13-14-10/h2-5,7H,6H2,1H3,(H2,12,13). The number of nitrogens with zero attached hydrogens (tertiary/aromatic N) is 1. The average Bonchev–Trinajstić information content (AvgIpc) is 2.56. The first-order valence-corrected chi connectivity index (χ1v) is 5.28. The minimum atomic E-state index is 0.622. The van der Waals surface area contributed by atoms with Crippen LogP contribution >= 0.6 is 11.5 Å². The number of aromatic nitrogens is 1. The zero-order valence-electron chi connectivity index (χ0n) is 8.03. The Morgan fingerprint density at radius 3 is 2.57 bits per heavy atom. The molecule has 0 bridgehead atoms. The minimum absolute atomic E-state index is 0.622. The third-order valence-corrected chi connectivity index (χ3v) is 2.87. The molecule has 2 nitrogen and oxygen atoms in total. The Balaban J connectivity index is 2.15. The highest BCUT2D eigenvalue weighted by molar-refractivity contribution is 7.06. The predicted octanol–water partition coefficient (Wildman–Crippen LogP) is 2.62. The summed E-state index contributed by atoms with van der Waals surface area (Å²) >= 11 is 1.47. The van der Waals surface area contributed by atoms with E-state index in [0.717, 1.165) is 6.42 Å². The summed E-state index contributed by atoms with van der Waals surface area (Å²) in [7, 11) is 0. The van der Waals surface area contributed by atoms with E-state index in [1.165, 1.54) is 27.5 Å². The van der Waals surface area contributed by atoms with Crippen molar-refractivity contribution >= 4 is 17.4 Å². The monoisotopic (exact) mass is 204 g/mol. The SMILES string of the molecule is Cc1ccc(Cc2cc(N)ns2)cc1. The van der Waals surface area contributed by atoms with Gasteiger partial charge in [0.1, 0.15) is 5.82 Å². The van der Waals surface area contributed by atoms with Crippen LogP contribution in [0, 0.1) is 6.92 Å². The summed E-state index contributed by atoms with van der Waals surface area (Å²) in [6.45, 7) is 2.09. The van der Waals surface area contributed by atoms with E-state index in [2.05, 4.69) is 35.6 Å². The van der Waals surface area contributed by atoms with Crippen LogP contribution < -0.4 is 5.73 Å². The van der Waals surface area contributed by atoms with Gasteiger partial charge in [-0.3, -0.25) is 0 Å². The molecule has 0 amide bonds. The van der Waals surface area contributed by atoms with Crippen molar-refractivity contribution in [3.63, 3.8) is 0 Å². The number of benzene rings is 1. The molecular weight excluding hydrogens is 192 g/mol. The molecular formula is C11H12N2S. The molecule has 1 aromatic carbocycles. The second-order valence-corrected chi connectivity index (χ2v) is 4.27. The van der Waals surface area contributed by atoms with Crippen molar-refractivity contribution < 1.29 is 0 Å². The lowest BCUT2D eigenvalue weighted by Gasteiger charge is -1.98. The smallest absolute Gasteiger partial charge is 0.137 e. The van der Waals surface area contributed by atoms with Gasteiger partial charge in [-0.05, 0) is 30.1 Å². The van der Waals surface area contributed by atoms with E-state index >= 15 is 0 Å². The number of rotatable bonds is 2. The third-order valence-electron chi connectivity index (χ3n) is 2.08. The molecule has 0 spiro atoms. The van der Waals surface area contributed by atoms with Crippen molar-refractivity contribution in [3.05, 3.63) is 46.3 Å². The zero-order chi connectivity index (χ0) is 9.97. The maximum Gasteiger partial charge on any atom is 0.137 e. The fourth-order valence-corrected chi connectivity index (χ4v) is 2.00. The second-order valence-electron chi connectivity index (χ2n) is 3.38. The number of aryl methyl sites for hydroxylation is 1. The summed E-state index contributed by atoms with van der Waals surface area (Å²) in [6, 6.07) is 10.5. The maximum absolute atomic E-state index is 5.56. The molecule has 0 radical (unpaired) electrons. The maximum atomic E-state index is 5.56. The summed E-state index contributed by atoms with van der Waals surface area (Å²) in [5, 5.41) is 0. The normalized spacial score (nSPS) is 10.4. The van der Waals surface area contributed by atoms with Crippen LogP contribution in [0.1, 0.15) is 16.0 Å². The molecule has 1 aromatic heterocycles. The van der Waals surface area contributed by atoms with Gasteiger partial charge in [-0.1, -0.05) is 29.8 Å². The predicted molar refractivity (Wildman–Crippen MR) is 60.5 cm³/mol. The molecule has 72 valence electrons. The molecule has 14 heavy (non-hydrogen) atoms. The van der Waals surface area contributed by atoms with Crippen LogP contribution in [-0.4, -0.2) is 4.37 Å². The number of hydrogen-bond donors (Lipinski definition) is 1. The van der Waals surface area contributed by atoms with Crippen LogP contribution in [0.5, 0.6) is 0 Å². The van der Waals surface area contributed by atoms with Gasteiger partial charge in [0, 0.05) is 11.3 Å². The fourth-order valence-electron chi connectivity index (χ4n) is 1.32. The largest absolute Gasteiger partial charge is 0.383 e. The second kappa shape index (κ2) is 3.80. The topological polar surface area (TPSA) is 38.9 Å². The first kappa shape index (κ1) is 9.21. The van der Waals surface area contributed by atoms with Crippen molar-refractivity contribution in [2.24, 2.45) is 0 Å².